The van der Waals surface area contributed by atoms with E-state index in [9.17, 15) is 0 Å². The van der Waals surface area contributed by atoms with Gasteiger partial charge in [0.05, 0.1) is 28.8 Å². The minimum absolute atomic E-state index is 0.228. The number of piperidine rings is 2. The van der Waals surface area contributed by atoms with Crippen molar-refractivity contribution in [2.45, 2.75) is 44.2 Å². The van der Waals surface area contributed by atoms with Gasteiger partial charge in [-0.25, -0.2) is 4.98 Å². The number of nitriles is 1. The smallest absolute Gasteiger partial charge is 0.206 e. The molecule has 0 bridgehead atoms. The van der Waals surface area contributed by atoms with Gasteiger partial charge in [-0.05, 0) is 56.5 Å². The molecule has 3 aromatic rings. The number of pyridine rings is 1. The molecule has 1 atom stereocenters. The lowest BCUT2D eigenvalue weighted by molar-refractivity contribution is 0.215. The zero-order valence-electron chi connectivity index (χ0n) is 16.6. The Labute approximate surface area is 171 Å². The van der Waals surface area contributed by atoms with Crippen molar-refractivity contribution in [3.8, 4) is 6.07 Å². The molecule has 6 heteroatoms. The SMILES string of the molecule is N#Cc1ccc(Cn2c(N3CCC[C@]4(CCCCN4)C3)nc3ccccc32)nc1. The average Bonchev–Trinajstić information content (AvgIpc) is 3.13. The van der Waals surface area contributed by atoms with Crippen molar-refractivity contribution in [2.24, 2.45) is 0 Å². The number of nitrogens with zero attached hydrogens (tertiary/aromatic N) is 5. The van der Waals surface area contributed by atoms with Crippen molar-refractivity contribution in [1.82, 2.24) is 19.9 Å². The molecule has 29 heavy (non-hydrogen) atoms. The van der Waals surface area contributed by atoms with Crippen LogP contribution in [-0.2, 0) is 6.54 Å². The Morgan fingerprint density at radius 3 is 2.79 bits per heavy atom. The fraction of sp³-hybridized carbons (Fsp3) is 0.435. The number of hydrogen-bond acceptors (Lipinski definition) is 5. The van der Waals surface area contributed by atoms with Crippen LogP contribution in [0.5, 0.6) is 0 Å². The largest absolute Gasteiger partial charge is 0.340 e. The molecule has 148 valence electrons. The highest BCUT2D eigenvalue weighted by Gasteiger charge is 2.37. The maximum Gasteiger partial charge on any atom is 0.206 e. The van der Waals surface area contributed by atoms with Gasteiger partial charge in [0, 0.05) is 24.8 Å². The predicted molar refractivity (Wildman–Crippen MR) is 114 cm³/mol. The molecule has 0 radical (unpaired) electrons. The zero-order chi connectivity index (χ0) is 19.7. The Bertz CT molecular complexity index is 1030. The lowest BCUT2D eigenvalue weighted by Gasteiger charge is -2.46. The summed E-state index contributed by atoms with van der Waals surface area (Å²) in [5.41, 5.74) is 3.91. The van der Waals surface area contributed by atoms with E-state index < -0.39 is 0 Å². The average molecular weight is 387 g/mol. The summed E-state index contributed by atoms with van der Waals surface area (Å²) in [6.07, 6.45) is 7.93. The summed E-state index contributed by atoms with van der Waals surface area (Å²) < 4.78 is 2.28. The van der Waals surface area contributed by atoms with E-state index in [-0.39, 0.29) is 5.54 Å². The number of para-hydroxylation sites is 2. The molecule has 2 saturated heterocycles. The van der Waals surface area contributed by atoms with Crippen LogP contribution >= 0.6 is 0 Å². The van der Waals surface area contributed by atoms with Crippen LogP contribution in [0.15, 0.2) is 42.6 Å². The van der Waals surface area contributed by atoms with E-state index in [0.717, 1.165) is 42.3 Å². The summed E-state index contributed by atoms with van der Waals surface area (Å²) in [5.74, 6) is 1.03. The molecule has 0 unspecified atom stereocenters. The molecule has 1 spiro atoms. The van der Waals surface area contributed by atoms with Gasteiger partial charge in [0.15, 0.2) is 0 Å². The lowest BCUT2D eigenvalue weighted by atomic mass is 9.82. The van der Waals surface area contributed by atoms with Crippen molar-refractivity contribution in [2.75, 3.05) is 24.5 Å². The standard InChI is InChI=1S/C23H26N6/c24-14-18-8-9-19(25-15-18)16-29-21-7-2-1-6-20(21)27-22(29)28-13-5-11-23(17-28)10-3-4-12-26-23/h1-2,6-9,15,26H,3-5,10-13,16-17H2/t23-/m1/s1. The number of aromatic nitrogens is 3. The number of benzene rings is 1. The van der Waals surface area contributed by atoms with Crippen LogP contribution in [0.3, 0.4) is 0 Å². The first-order chi connectivity index (χ1) is 14.3. The van der Waals surface area contributed by atoms with Crippen molar-refractivity contribution >= 4 is 17.0 Å². The Morgan fingerprint density at radius 2 is 2.00 bits per heavy atom. The number of hydrogen-bond donors (Lipinski definition) is 1. The van der Waals surface area contributed by atoms with Gasteiger partial charge in [0.1, 0.15) is 6.07 Å². The summed E-state index contributed by atoms with van der Waals surface area (Å²) in [6.45, 7) is 3.82. The van der Waals surface area contributed by atoms with Crippen molar-refractivity contribution < 1.29 is 0 Å². The molecule has 2 aromatic heterocycles. The molecule has 1 aromatic carbocycles. The van der Waals surface area contributed by atoms with Gasteiger partial charge < -0.3 is 14.8 Å². The Hall–Kier alpha value is -2.91. The summed E-state index contributed by atoms with van der Waals surface area (Å²) in [7, 11) is 0. The Balaban J connectivity index is 1.51. The number of rotatable bonds is 3. The third kappa shape index (κ3) is 3.47. The van der Waals surface area contributed by atoms with Crippen molar-refractivity contribution in [3.05, 3.63) is 53.9 Å². The van der Waals surface area contributed by atoms with Crippen molar-refractivity contribution in [1.29, 1.82) is 5.26 Å². The second-order valence-corrected chi connectivity index (χ2v) is 8.33. The Kier molecular flexibility index (Phi) is 4.69. The number of anilines is 1. The summed E-state index contributed by atoms with van der Waals surface area (Å²) >= 11 is 0. The normalized spacial score (nSPS) is 22.1. The second-order valence-electron chi connectivity index (χ2n) is 8.33. The molecule has 0 amide bonds. The fourth-order valence-corrected chi connectivity index (χ4v) is 4.89. The molecule has 1 N–H and O–H groups in total. The van der Waals surface area contributed by atoms with Crippen LogP contribution in [0.1, 0.15) is 43.4 Å². The van der Waals surface area contributed by atoms with E-state index in [1.807, 2.05) is 18.2 Å². The Morgan fingerprint density at radius 1 is 1.10 bits per heavy atom. The first-order valence-corrected chi connectivity index (χ1v) is 10.6. The van der Waals surface area contributed by atoms with E-state index in [4.69, 9.17) is 10.2 Å². The highest BCUT2D eigenvalue weighted by molar-refractivity contribution is 5.79. The molecule has 2 aliphatic rings. The maximum atomic E-state index is 9.04. The molecular weight excluding hydrogens is 360 g/mol. The molecule has 2 fully saturated rings. The number of nitrogens with one attached hydrogen (secondary N) is 1. The number of fused-ring (bicyclic) bond motifs is 1. The van der Waals surface area contributed by atoms with Gasteiger partial charge in [-0.15, -0.1) is 0 Å². The van der Waals surface area contributed by atoms with Gasteiger partial charge >= 0.3 is 0 Å². The lowest BCUT2D eigenvalue weighted by Crippen LogP contribution is -2.59. The molecule has 0 saturated carbocycles. The van der Waals surface area contributed by atoms with Gasteiger partial charge in [-0.1, -0.05) is 18.6 Å². The van der Waals surface area contributed by atoms with Gasteiger partial charge in [-0.2, -0.15) is 5.26 Å². The van der Waals surface area contributed by atoms with Crippen LogP contribution in [0, 0.1) is 11.3 Å². The first kappa shape index (κ1) is 18.1. The van der Waals surface area contributed by atoms with E-state index in [2.05, 4.69) is 44.0 Å². The van der Waals surface area contributed by atoms with Crippen molar-refractivity contribution in [3.63, 3.8) is 0 Å². The third-order valence-electron chi connectivity index (χ3n) is 6.35. The summed E-state index contributed by atoms with van der Waals surface area (Å²) in [6, 6.07) is 14.2. The molecule has 6 nitrogen and oxygen atoms in total. The highest BCUT2D eigenvalue weighted by Crippen LogP contribution is 2.33. The minimum Gasteiger partial charge on any atom is -0.340 e. The highest BCUT2D eigenvalue weighted by atomic mass is 15.3. The van der Waals surface area contributed by atoms with Crippen LogP contribution in [0.25, 0.3) is 11.0 Å². The number of imidazole rings is 1. The molecular formula is C23H26N6. The molecule has 0 aliphatic carbocycles. The zero-order valence-corrected chi connectivity index (χ0v) is 16.6. The second kappa shape index (κ2) is 7.49. The molecule has 2 aliphatic heterocycles. The van der Waals surface area contributed by atoms with Crippen LogP contribution in [-0.4, -0.2) is 39.7 Å². The summed E-state index contributed by atoms with van der Waals surface area (Å²) in [5, 5.41) is 12.9. The van der Waals surface area contributed by atoms with Crippen LogP contribution in [0.2, 0.25) is 0 Å². The quantitative estimate of drug-likeness (QED) is 0.746. The van der Waals surface area contributed by atoms with E-state index in [1.54, 1.807) is 6.20 Å². The van der Waals surface area contributed by atoms with E-state index in [0.29, 0.717) is 12.1 Å². The minimum atomic E-state index is 0.228. The van der Waals surface area contributed by atoms with E-state index >= 15 is 0 Å². The third-order valence-corrected chi connectivity index (χ3v) is 6.35. The topological polar surface area (TPSA) is 69.8 Å². The summed E-state index contributed by atoms with van der Waals surface area (Å²) in [4.78, 5) is 12.0. The van der Waals surface area contributed by atoms with Gasteiger partial charge in [-0.3, -0.25) is 4.98 Å². The monoisotopic (exact) mass is 386 g/mol. The van der Waals surface area contributed by atoms with Crippen LogP contribution in [0.4, 0.5) is 5.95 Å². The van der Waals surface area contributed by atoms with Gasteiger partial charge in [0.25, 0.3) is 0 Å². The molecule has 4 heterocycles. The van der Waals surface area contributed by atoms with Crippen LogP contribution < -0.4 is 10.2 Å². The maximum absolute atomic E-state index is 9.04. The molecule has 5 rings (SSSR count). The fourth-order valence-electron chi connectivity index (χ4n) is 4.89. The van der Waals surface area contributed by atoms with Gasteiger partial charge in [0.2, 0.25) is 5.95 Å². The predicted octanol–water partition coefficient (Wildman–Crippen LogP) is 3.46. The van der Waals surface area contributed by atoms with E-state index in [1.165, 1.54) is 32.1 Å². The first-order valence-electron chi connectivity index (χ1n) is 10.6.